The van der Waals surface area contributed by atoms with Crippen molar-refractivity contribution >= 4 is 43.2 Å². The third-order valence-corrected chi connectivity index (χ3v) is 5.03. The summed E-state index contributed by atoms with van der Waals surface area (Å²) in [5.74, 6) is -0.178. The number of benzene rings is 1. The summed E-state index contributed by atoms with van der Waals surface area (Å²) in [6, 6.07) is 6.61. The summed E-state index contributed by atoms with van der Waals surface area (Å²) in [5, 5.41) is 0. The Morgan fingerprint density at radius 2 is 2.12 bits per heavy atom. The Morgan fingerprint density at radius 1 is 1.53 bits per heavy atom. The van der Waals surface area contributed by atoms with E-state index in [-0.39, 0.29) is 17.4 Å². The molecular weight excluding hydrogens is 324 g/mol. The van der Waals surface area contributed by atoms with E-state index in [1.807, 2.05) is 0 Å². The molecule has 0 bridgehead atoms. The number of sulfonamides is 1. The predicted octanol–water partition coefficient (Wildman–Crippen LogP) is 1.65. The van der Waals surface area contributed by atoms with Gasteiger partial charge in [-0.15, -0.1) is 0 Å². The highest BCUT2D eigenvalue weighted by atomic mass is 79.9. The minimum Gasteiger partial charge on any atom is -0.393 e. The molecular formula is C10H13BrN2O2S2. The number of nitrogens with one attached hydrogen (secondary N) is 1. The molecule has 0 heterocycles. The minimum atomic E-state index is -3.53. The lowest BCUT2D eigenvalue weighted by Crippen LogP contribution is -2.33. The van der Waals surface area contributed by atoms with E-state index in [1.165, 1.54) is 6.07 Å². The van der Waals surface area contributed by atoms with Crippen LogP contribution in [-0.4, -0.2) is 20.0 Å². The smallest absolute Gasteiger partial charge is 0.241 e. The van der Waals surface area contributed by atoms with Crippen LogP contribution in [0.3, 0.4) is 0 Å². The summed E-state index contributed by atoms with van der Waals surface area (Å²) in [4.78, 5) is 0.495. The highest BCUT2D eigenvalue weighted by Gasteiger charge is 2.18. The second kappa shape index (κ2) is 5.90. The molecule has 0 aliphatic rings. The van der Waals surface area contributed by atoms with Crippen LogP contribution in [0.2, 0.25) is 0 Å². The lowest BCUT2D eigenvalue weighted by atomic mass is 10.2. The van der Waals surface area contributed by atoms with Gasteiger partial charge in [0.2, 0.25) is 10.0 Å². The molecule has 0 fully saturated rings. The molecule has 17 heavy (non-hydrogen) atoms. The predicted molar refractivity (Wildman–Crippen MR) is 75.3 cm³/mol. The van der Waals surface area contributed by atoms with Crippen LogP contribution in [0.5, 0.6) is 0 Å². The van der Waals surface area contributed by atoms with Crippen LogP contribution in [0.25, 0.3) is 0 Å². The van der Waals surface area contributed by atoms with Gasteiger partial charge in [-0.2, -0.15) is 0 Å². The van der Waals surface area contributed by atoms with E-state index in [0.717, 1.165) is 0 Å². The van der Waals surface area contributed by atoms with Gasteiger partial charge in [-0.1, -0.05) is 31.3 Å². The molecule has 0 aromatic heterocycles. The van der Waals surface area contributed by atoms with Crippen molar-refractivity contribution in [3.63, 3.8) is 0 Å². The lowest BCUT2D eigenvalue weighted by molar-refractivity contribution is 0.574. The van der Waals surface area contributed by atoms with E-state index in [0.29, 0.717) is 9.46 Å². The number of thiocarbonyl (C=S) groups is 1. The second-order valence-electron chi connectivity index (χ2n) is 3.59. The van der Waals surface area contributed by atoms with Crippen molar-refractivity contribution < 1.29 is 8.42 Å². The molecule has 0 radical (unpaired) electrons. The van der Waals surface area contributed by atoms with E-state index in [9.17, 15) is 8.42 Å². The molecule has 4 nitrogen and oxygen atoms in total. The van der Waals surface area contributed by atoms with Gasteiger partial charge in [0.05, 0.1) is 9.88 Å². The first-order chi connectivity index (χ1) is 7.84. The lowest BCUT2D eigenvalue weighted by Gasteiger charge is -2.12. The summed E-state index contributed by atoms with van der Waals surface area (Å²) in [7, 11) is -3.53. The Hall–Kier alpha value is -0.500. The quantitative estimate of drug-likeness (QED) is 0.802. The summed E-state index contributed by atoms with van der Waals surface area (Å²) in [5.41, 5.74) is 5.42. The maximum atomic E-state index is 12.0. The van der Waals surface area contributed by atoms with Crippen LogP contribution < -0.4 is 10.5 Å². The van der Waals surface area contributed by atoms with Crippen molar-refractivity contribution in [1.82, 2.24) is 4.72 Å². The summed E-state index contributed by atoms with van der Waals surface area (Å²) in [6.45, 7) is 1.96. The summed E-state index contributed by atoms with van der Waals surface area (Å²) in [6.07, 6.45) is 0. The molecule has 0 spiro atoms. The first kappa shape index (κ1) is 14.6. The molecule has 1 aromatic carbocycles. The van der Waals surface area contributed by atoms with Gasteiger partial charge in [-0.05, 0) is 28.1 Å². The van der Waals surface area contributed by atoms with Gasteiger partial charge in [0.1, 0.15) is 0 Å². The van der Waals surface area contributed by atoms with Gasteiger partial charge in [0.25, 0.3) is 0 Å². The molecule has 0 saturated carbocycles. The molecule has 1 unspecified atom stereocenters. The van der Waals surface area contributed by atoms with Crippen molar-refractivity contribution in [1.29, 1.82) is 0 Å². The highest BCUT2D eigenvalue weighted by Crippen LogP contribution is 2.20. The van der Waals surface area contributed by atoms with Gasteiger partial charge in [-0.25, -0.2) is 13.1 Å². The maximum Gasteiger partial charge on any atom is 0.241 e. The molecule has 7 heteroatoms. The third kappa shape index (κ3) is 4.02. The zero-order valence-electron chi connectivity index (χ0n) is 9.18. The fraction of sp³-hybridized carbons (Fsp3) is 0.300. The average Bonchev–Trinajstić information content (AvgIpc) is 2.26. The van der Waals surface area contributed by atoms with Crippen LogP contribution in [-0.2, 0) is 10.0 Å². The molecule has 0 aliphatic carbocycles. The van der Waals surface area contributed by atoms with Crippen LogP contribution in [0.1, 0.15) is 6.92 Å². The zero-order valence-corrected chi connectivity index (χ0v) is 12.4. The Kier molecular flexibility index (Phi) is 5.05. The number of rotatable bonds is 5. The Morgan fingerprint density at radius 3 is 2.65 bits per heavy atom. The van der Waals surface area contributed by atoms with Gasteiger partial charge < -0.3 is 5.73 Å². The van der Waals surface area contributed by atoms with E-state index in [1.54, 1.807) is 25.1 Å². The molecule has 1 rings (SSSR count). The van der Waals surface area contributed by atoms with Gasteiger partial charge in [-0.3, -0.25) is 0 Å². The minimum absolute atomic E-state index is 0.178. The van der Waals surface area contributed by atoms with E-state index in [4.69, 9.17) is 18.0 Å². The van der Waals surface area contributed by atoms with Gasteiger partial charge >= 0.3 is 0 Å². The van der Waals surface area contributed by atoms with Crippen molar-refractivity contribution in [3.8, 4) is 0 Å². The Labute approximate surface area is 115 Å². The van der Waals surface area contributed by atoms with Crippen LogP contribution in [0, 0.1) is 5.92 Å². The van der Waals surface area contributed by atoms with Crippen molar-refractivity contribution in [2.45, 2.75) is 11.8 Å². The molecule has 94 valence electrons. The number of halogens is 1. The van der Waals surface area contributed by atoms with Crippen molar-refractivity contribution in [2.24, 2.45) is 11.7 Å². The van der Waals surface area contributed by atoms with Crippen molar-refractivity contribution in [2.75, 3.05) is 6.54 Å². The standard InChI is InChI=1S/C10H13BrN2O2S2/c1-7(10(12)16)6-13-17(14,15)9-5-3-2-4-8(9)11/h2-5,7,13H,6H2,1H3,(H2,12,16). The largest absolute Gasteiger partial charge is 0.393 e. The SMILES string of the molecule is CC(CNS(=O)(=O)c1ccccc1Br)C(N)=S. The van der Waals surface area contributed by atoms with E-state index < -0.39 is 10.0 Å². The van der Waals surface area contributed by atoms with Crippen LogP contribution >= 0.6 is 28.1 Å². The van der Waals surface area contributed by atoms with Crippen LogP contribution in [0.4, 0.5) is 0 Å². The normalized spacial score (nSPS) is 13.3. The molecule has 0 aliphatic heterocycles. The Bertz CT molecular complexity index is 517. The maximum absolute atomic E-state index is 12.0. The van der Waals surface area contributed by atoms with E-state index in [2.05, 4.69) is 20.7 Å². The molecule has 1 atom stereocenters. The first-order valence-corrected chi connectivity index (χ1v) is 7.56. The van der Waals surface area contributed by atoms with Crippen molar-refractivity contribution in [3.05, 3.63) is 28.7 Å². The average molecular weight is 337 g/mol. The third-order valence-electron chi connectivity index (χ3n) is 2.19. The topological polar surface area (TPSA) is 72.2 Å². The molecule has 0 amide bonds. The number of hydrogen-bond donors (Lipinski definition) is 2. The van der Waals surface area contributed by atoms with Crippen LogP contribution in [0.15, 0.2) is 33.6 Å². The number of hydrogen-bond acceptors (Lipinski definition) is 3. The molecule has 1 aromatic rings. The zero-order chi connectivity index (χ0) is 13.1. The Balaban J connectivity index is 2.84. The van der Waals surface area contributed by atoms with Gasteiger partial charge in [0.15, 0.2) is 0 Å². The monoisotopic (exact) mass is 336 g/mol. The fourth-order valence-electron chi connectivity index (χ4n) is 1.08. The molecule has 0 saturated heterocycles. The second-order valence-corrected chi connectivity index (χ2v) is 6.65. The highest BCUT2D eigenvalue weighted by molar-refractivity contribution is 9.10. The number of nitrogens with two attached hydrogens (primary N) is 1. The van der Waals surface area contributed by atoms with E-state index >= 15 is 0 Å². The first-order valence-electron chi connectivity index (χ1n) is 4.88. The summed E-state index contributed by atoms with van der Waals surface area (Å²) >= 11 is 7.98. The summed E-state index contributed by atoms with van der Waals surface area (Å²) < 4.78 is 26.9. The molecule has 3 N–H and O–H groups in total. The van der Waals surface area contributed by atoms with Gasteiger partial charge in [0, 0.05) is 16.9 Å². The fourth-order valence-corrected chi connectivity index (χ4v) is 3.29.